The van der Waals surface area contributed by atoms with E-state index in [-0.39, 0.29) is 0 Å². The van der Waals surface area contributed by atoms with Gasteiger partial charge in [0, 0.05) is 5.39 Å². The minimum Gasteiger partial charge on any atom is -0.397 e. The van der Waals surface area contributed by atoms with Crippen molar-refractivity contribution in [2.45, 2.75) is 45.1 Å². The second-order valence-corrected chi connectivity index (χ2v) is 4.96. The topological polar surface area (TPSA) is 56.7 Å². The molecular formula is C13H18N4. The van der Waals surface area contributed by atoms with E-state index in [1.165, 1.54) is 32.1 Å². The van der Waals surface area contributed by atoms with Crippen LogP contribution in [-0.2, 0) is 0 Å². The Kier molecular flexibility index (Phi) is 2.50. The highest BCUT2D eigenvalue weighted by atomic mass is 15.3. The summed E-state index contributed by atoms with van der Waals surface area (Å²) in [5, 5.41) is 5.75. The summed E-state index contributed by atoms with van der Waals surface area (Å²) in [6.07, 6.45) is 8.14. The Balaban J connectivity index is 2.10. The fraction of sp³-hybridized carbons (Fsp3) is 0.538. The normalized spacial score (nSPS) is 17.7. The summed E-state index contributed by atoms with van der Waals surface area (Å²) in [4.78, 5) is 4.45. The van der Waals surface area contributed by atoms with Gasteiger partial charge < -0.3 is 5.73 Å². The summed E-state index contributed by atoms with van der Waals surface area (Å²) in [5.41, 5.74) is 8.51. The summed E-state index contributed by atoms with van der Waals surface area (Å²) in [6, 6.07) is 2.50. The van der Waals surface area contributed by atoms with Crippen molar-refractivity contribution in [3.05, 3.63) is 18.0 Å². The number of aromatic nitrogens is 3. The zero-order valence-electron chi connectivity index (χ0n) is 10.2. The highest BCUT2D eigenvalue weighted by Crippen LogP contribution is 2.31. The standard InChI is InChI=1S/C13H18N4/c1-9-12-7-10(14)8-15-13(12)17(16-9)11-5-3-2-4-6-11/h7-8,11H,2-6,14H2,1H3. The molecule has 0 spiro atoms. The van der Waals surface area contributed by atoms with E-state index in [9.17, 15) is 0 Å². The number of aryl methyl sites for hydroxylation is 1. The second-order valence-electron chi connectivity index (χ2n) is 4.96. The molecule has 17 heavy (non-hydrogen) atoms. The minimum absolute atomic E-state index is 0.524. The predicted octanol–water partition coefficient (Wildman–Crippen LogP) is 2.83. The average molecular weight is 230 g/mol. The molecular weight excluding hydrogens is 212 g/mol. The van der Waals surface area contributed by atoms with Gasteiger partial charge >= 0.3 is 0 Å². The van der Waals surface area contributed by atoms with Crippen LogP contribution >= 0.6 is 0 Å². The number of hydrogen-bond acceptors (Lipinski definition) is 3. The van der Waals surface area contributed by atoms with Crippen LogP contribution < -0.4 is 5.73 Å². The van der Waals surface area contributed by atoms with Crippen LogP contribution in [-0.4, -0.2) is 14.8 Å². The SMILES string of the molecule is Cc1nn(C2CCCCC2)c2ncc(N)cc12. The molecule has 4 nitrogen and oxygen atoms in total. The fourth-order valence-corrected chi connectivity index (χ4v) is 2.77. The smallest absolute Gasteiger partial charge is 0.158 e. The lowest BCUT2D eigenvalue weighted by Crippen LogP contribution is -2.14. The van der Waals surface area contributed by atoms with Crippen molar-refractivity contribution < 1.29 is 0 Å². The molecule has 1 aliphatic rings. The van der Waals surface area contributed by atoms with Crippen LogP contribution in [0.4, 0.5) is 5.69 Å². The maximum absolute atomic E-state index is 5.78. The first kappa shape index (κ1) is 10.6. The first-order valence-electron chi connectivity index (χ1n) is 6.36. The van der Waals surface area contributed by atoms with E-state index < -0.39 is 0 Å². The molecule has 0 amide bonds. The number of pyridine rings is 1. The van der Waals surface area contributed by atoms with Gasteiger partial charge in [0.15, 0.2) is 5.65 Å². The predicted molar refractivity (Wildman–Crippen MR) is 68.8 cm³/mol. The van der Waals surface area contributed by atoms with Crippen molar-refractivity contribution in [2.24, 2.45) is 0 Å². The summed E-state index contributed by atoms with van der Waals surface area (Å²) < 4.78 is 2.11. The maximum Gasteiger partial charge on any atom is 0.158 e. The van der Waals surface area contributed by atoms with Crippen molar-refractivity contribution in [1.29, 1.82) is 0 Å². The van der Waals surface area contributed by atoms with Crippen LogP contribution in [0.25, 0.3) is 11.0 Å². The van der Waals surface area contributed by atoms with E-state index in [4.69, 9.17) is 5.73 Å². The van der Waals surface area contributed by atoms with Crippen LogP contribution in [0.5, 0.6) is 0 Å². The lowest BCUT2D eigenvalue weighted by molar-refractivity contribution is 0.335. The third kappa shape index (κ3) is 1.77. The van der Waals surface area contributed by atoms with Gasteiger partial charge in [-0.15, -0.1) is 0 Å². The zero-order valence-corrected chi connectivity index (χ0v) is 10.2. The van der Waals surface area contributed by atoms with Gasteiger partial charge in [-0.25, -0.2) is 9.67 Å². The van der Waals surface area contributed by atoms with Gasteiger partial charge in [0.05, 0.1) is 23.6 Å². The van der Waals surface area contributed by atoms with Gasteiger partial charge in [0.1, 0.15) is 0 Å². The number of nitrogens with zero attached hydrogens (tertiary/aromatic N) is 3. The van der Waals surface area contributed by atoms with Gasteiger partial charge in [0.2, 0.25) is 0 Å². The number of anilines is 1. The fourth-order valence-electron chi connectivity index (χ4n) is 2.77. The highest BCUT2D eigenvalue weighted by Gasteiger charge is 2.19. The number of nitrogen functional groups attached to an aromatic ring is 1. The van der Waals surface area contributed by atoms with Crippen molar-refractivity contribution in [2.75, 3.05) is 5.73 Å². The number of fused-ring (bicyclic) bond motifs is 1. The number of rotatable bonds is 1. The molecule has 1 saturated carbocycles. The molecule has 2 aromatic heterocycles. The van der Waals surface area contributed by atoms with Crippen molar-refractivity contribution in [3.63, 3.8) is 0 Å². The monoisotopic (exact) mass is 230 g/mol. The van der Waals surface area contributed by atoms with Gasteiger partial charge in [-0.1, -0.05) is 19.3 Å². The largest absolute Gasteiger partial charge is 0.397 e. The van der Waals surface area contributed by atoms with Crippen molar-refractivity contribution >= 4 is 16.7 Å². The summed E-state index contributed by atoms with van der Waals surface area (Å²) in [5.74, 6) is 0. The molecule has 90 valence electrons. The minimum atomic E-state index is 0.524. The molecule has 0 atom stereocenters. The van der Waals surface area contributed by atoms with Crippen molar-refractivity contribution in [3.8, 4) is 0 Å². The third-order valence-electron chi connectivity index (χ3n) is 3.67. The molecule has 4 heteroatoms. The molecule has 2 N–H and O–H groups in total. The molecule has 0 saturated heterocycles. The van der Waals surface area contributed by atoms with Crippen LogP contribution in [0, 0.1) is 6.92 Å². The molecule has 0 radical (unpaired) electrons. The summed E-state index contributed by atoms with van der Waals surface area (Å²) in [7, 11) is 0. The molecule has 1 fully saturated rings. The third-order valence-corrected chi connectivity index (χ3v) is 3.67. The maximum atomic E-state index is 5.78. The lowest BCUT2D eigenvalue weighted by atomic mass is 9.96. The summed E-state index contributed by atoms with van der Waals surface area (Å²) in [6.45, 7) is 2.03. The Morgan fingerprint density at radius 3 is 2.82 bits per heavy atom. The second kappa shape index (κ2) is 4.02. The van der Waals surface area contributed by atoms with Gasteiger partial charge in [0.25, 0.3) is 0 Å². The molecule has 1 aliphatic carbocycles. The van der Waals surface area contributed by atoms with E-state index in [0.717, 1.165) is 16.7 Å². The molecule has 2 heterocycles. The van der Waals surface area contributed by atoms with Crippen molar-refractivity contribution in [1.82, 2.24) is 14.8 Å². The van der Waals surface area contributed by atoms with Crippen LogP contribution in [0.15, 0.2) is 12.3 Å². The number of hydrogen-bond donors (Lipinski definition) is 1. The Hall–Kier alpha value is -1.58. The van der Waals surface area contributed by atoms with E-state index in [2.05, 4.69) is 14.8 Å². The van der Waals surface area contributed by atoms with Crippen LogP contribution in [0.3, 0.4) is 0 Å². The highest BCUT2D eigenvalue weighted by molar-refractivity contribution is 5.81. The average Bonchev–Trinajstić information content (AvgIpc) is 2.68. The van der Waals surface area contributed by atoms with Gasteiger partial charge in [-0.2, -0.15) is 5.10 Å². The quantitative estimate of drug-likeness (QED) is 0.819. The van der Waals surface area contributed by atoms with E-state index >= 15 is 0 Å². The molecule has 0 unspecified atom stereocenters. The number of nitrogens with two attached hydrogens (primary N) is 1. The van der Waals surface area contributed by atoms with E-state index in [1.807, 2.05) is 13.0 Å². The van der Waals surface area contributed by atoms with E-state index in [0.29, 0.717) is 11.7 Å². The first-order valence-corrected chi connectivity index (χ1v) is 6.36. The Labute approximate surface area is 101 Å². The molecule has 0 aliphatic heterocycles. The molecule has 3 rings (SSSR count). The van der Waals surface area contributed by atoms with Gasteiger partial charge in [-0.05, 0) is 25.8 Å². The molecule has 0 bridgehead atoms. The van der Waals surface area contributed by atoms with E-state index in [1.54, 1.807) is 6.20 Å². The van der Waals surface area contributed by atoms with Crippen LogP contribution in [0.2, 0.25) is 0 Å². The van der Waals surface area contributed by atoms with Gasteiger partial charge in [-0.3, -0.25) is 0 Å². The van der Waals surface area contributed by atoms with Crippen LogP contribution in [0.1, 0.15) is 43.8 Å². The molecule has 2 aromatic rings. The Morgan fingerprint density at radius 1 is 1.29 bits per heavy atom. The summed E-state index contributed by atoms with van der Waals surface area (Å²) >= 11 is 0. The molecule has 0 aromatic carbocycles. The Morgan fingerprint density at radius 2 is 2.06 bits per heavy atom. The Bertz CT molecular complexity index is 538. The zero-order chi connectivity index (χ0) is 11.8. The lowest BCUT2D eigenvalue weighted by Gasteiger charge is -2.22. The first-order chi connectivity index (χ1) is 8.25.